The van der Waals surface area contributed by atoms with Crippen LogP contribution >= 0.6 is 0 Å². The van der Waals surface area contributed by atoms with Crippen molar-refractivity contribution in [1.29, 1.82) is 0 Å². The van der Waals surface area contributed by atoms with Gasteiger partial charge in [-0.25, -0.2) is 0 Å². The molecule has 0 aliphatic rings. The van der Waals surface area contributed by atoms with E-state index >= 15 is 0 Å². The first kappa shape index (κ1) is 19.1. The summed E-state index contributed by atoms with van der Waals surface area (Å²) in [5.41, 5.74) is 0.561. The van der Waals surface area contributed by atoms with Crippen molar-refractivity contribution in [1.82, 2.24) is 0 Å². The van der Waals surface area contributed by atoms with Crippen molar-refractivity contribution in [2.75, 3.05) is 26.1 Å². The summed E-state index contributed by atoms with van der Waals surface area (Å²) in [6.45, 7) is -0.145. The van der Waals surface area contributed by atoms with E-state index in [1.807, 2.05) is 36.4 Å². The van der Waals surface area contributed by atoms with E-state index in [1.165, 1.54) is 0 Å². The fourth-order valence-electron chi connectivity index (χ4n) is 2.48. The number of para-hydroxylation sites is 1. The predicted octanol–water partition coefficient (Wildman–Crippen LogP) is 4.51. The van der Waals surface area contributed by atoms with Gasteiger partial charge in [-0.3, -0.25) is 4.79 Å². The maximum atomic E-state index is 12.2. The van der Waals surface area contributed by atoms with Crippen molar-refractivity contribution in [3.63, 3.8) is 0 Å². The lowest BCUT2D eigenvalue weighted by molar-refractivity contribution is -0.118. The maximum absolute atomic E-state index is 12.2. The van der Waals surface area contributed by atoms with Crippen LogP contribution in [-0.4, -0.2) is 26.7 Å². The zero-order chi connectivity index (χ0) is 19.8. The predicted molar refractivity (Wildman–Crippen MR) is 107 cm³/mol. The molecule has 0 heterocycles. The van der Waals surface area contributed by atoms with Crippen LogP contribution in [0.15, 0.2) is 72.8 Å². The van der Waals surface area contributed by atoms with E-state index in [0.717, 1.165) is 5.75 Å². The van der Waals surface area contributed by atoms with E-state index in [-0.39, 0.29) is 12.5 Å². The lowest BCUT2D eigenvalue weighted by Gasteiger charge is -2.11. The van der Waals surface area contributed by atoms with Gasteiger partial charge in [0.05, 0.1) is 14.2 Å². The van der Waals surface area contributed by atoms with Gasteiger partial charge in [-0.1, -0.05) is 24.3 Å². The average molecular weight is 379 g/mol. The van der Waals surface area contributed by atoms with E-state index in [9.17, 15) is 4.79 Å². The molecular formula is C22H21NO5. The van der Waals surface area contributed by atoms with Crippen molar-refractivity contribution < 1.29 is 23.7 Å². The summed E-state index contributed by atoms with van der Waals surface area (Å²) in [6, 6.07) is 21.7. The van der Waals surface area contributed by atoms with Crippen LogP contribution in [0, 0.1) is 0 Å². The van der Waals surface area contributed by atoms with Crippen LogP contribution < -0.4 is 24.3 Å². The number of hydrogen-bond donors (Lipinski definition) is 1. The molecule has 0 saturated heterocycles. The summed E-state index contributed by atoms with van der Waals surface area (Å²) in [4.78, 5) is 12.2. The Balaban J connectivity index is 1.58. The molecule has 0 aromatic heterocycles. The number of nitrogens with one attached hydrogen (secondary N) is 1. The van der Waals surface area contributed by atoms with Crippen molar-refractivity contribution in [2.45, 2.75) is 0 Å². The molecular weight excluding hydrogens is 358 g/mol. The van der Waals surface area contributed by atoms with Crippen LogP contribution in [0.5, 0.6) is 28.7 Å². The third-order valence-electron chi connectivity index (χ3n) is 3.79. The first-order valence-corrected chi connectivity index (χ1v) is 8.65. The molecule has 144 valence electrons. The normalized spacial score (nSPS) is 10.1. The SMILES string of the molecule is COc1cc(NC(=O)COc2cccc(Oc3ccccc3)c2)cc(OC)c1. The van der Waals surface area contributed by atoms with Gasteiger partial charge >= 0.3 is 0 Å². The first-order chi connectivity index (χ1) is 13.7. The Morgan fingerprint density at radius 2 is 1.36 bits per heavy atom. The second kappa shape index (κ2) is 9.32. The molecule has 0 fully saturated rings. The molecule has 3 aromatic rings. The molecule has 1 N–H and O–H groups in total. The van der Waals surface area contributed by atoms with E-state index in [4.69, 9.17) is 18.9 Å². The smallest absolute Gasteiger partial charge is 0.262 e. The third kappa shape index (κ3) is 5.41. The summed E-state index contributed by atoms with van der Waals surface area (Å²) in [6.07, 6.45) is 0. The minimum atomic E-state index is -0.301. The van der Waals surface area contributed by atoms with Gasteiger partial charge in [0.2, 0.25) is 0 Å². The molecule has 0 aliphatic carbocycles. The molecule has 6 heteroatoms. The number of hydrogen-bond acceptors (Lipinski definition) is 5. The molecule has 3 rings (SSSR count). The number of methoxy groups -OCH3 is 2. The molecule has 0 aliphatic heterocycles. The third-order valence-corrected chi connectivity index (χ3v) is 3.79. The van der Waals surface area contributed by atoms with Gasteiger partial charge < -0.3 is 24.3 Å². The molecule has 0 spiro atoms. The fourth-order valence-corrected chi connectivity index (χ4v) is 2.48. The van der Waals surface area contributed by atoms with Crippen LogP contribution in [0.1, 0.15) is 0 Å². The van der Waals surface area contributed by atoms with Crippen LogP contribution in [0.4, 0.5) is 5.69 Å². The minimum absolute atomic E-state index is 0.145. The Morgan fingerprint density at radius 3 is 2.04 bits per heavy atom. The van der Waals surface area contributed by atoms with Crippen molar-refractivity contribution in [3.8, 4) is 28.7 Å². The van der Waals surface area contributed by atoms with E-state index < -0.39 is 0 Å². The highest BCUT2D eigenvalue weighted by atomic mass is 16.5. The molecule has 3 aromatic carbocycles. The van der Waals surface area contributed by atoms with Gasteiger partial charge in [0, 0.05) is 30.0 Å². The molecule has 6 nitrogen and oxygen atoms in total. The molecule has 0 radical (unpaired) electrons. The minimum Gasteiger partial charge on any atom is -0.497 e. The Morgan fingerprint density at radius 1 is 0.750 bits per heavy atom. The Labute approximate surface area is 163 Å². The van der Waals surface area contributed by atoms with E-state index in [1.54, 1.807) is 50.6 Å². The zero-order valence-electron chi connectivity index (χ0n) is 15.7. The number of amides is 1. The monoisotopic (exact) mass is 379 g/mol. The maximum Gasteiger partial charge on any atom is 0.262 e. The molecule has 0 atom stereocenters. The standard InChI is InChI=1S/C22H21NO5/c1-25-20-11-16(12-21(14-20)26-2)23-22(24)15-27-18-9-6-10-19(13-18)28-17-7-4-3-5-8-17/h3-14H,15H2,1-2H3,(H,23,24). The summed E-state index contributed by atoms with van der Waals surface area (Å²) in [5.74, 6) is 2.75. The number of ether oxygens (including phenoxy) is 4. The highest BCUT2D eigenvalue weighted by Crippen LogP contribution is 2.26. The van der Waals surface area contributed by atoms with Crippen molar-refractivity contribution in [2.24, 2.45) is 0 Å². The largest absolute Gasteiger partial charge is 0.497 e. The summed E-state index contributed by atoms with van der Waals surface area (Å²) < 4.78 is 21.7. The highest BCUT2D eigenvalue weighted by molar-refractivity contribution is 5.92. The van der Waals surface area contributed by atoms with Crippen LogP contribution in [0.2, 0.25) is 0 Å². The summed E-state index contributed by atoms with van der Waals surface area (Å²) >= 11 is 0. The van der Waals surface area contributed by atoms with Gasteiger partial charge in [0.1, 0.15) is 28.7 Å². The van der Waals surface area contributed by atoms with Gasteiger partial charge in [0.15, 0.2) is 6.61 Å². The Bertz CT molecular complexity index is 905. The fraction of sp³-hybridized carbons (Fsp3) is 0.136. The van der Waals surface area contributed by atoms with Gasteiger partial charge in [-0.2, -0.15) is 0 Å². The van der Waals surface area contributed by atoms with Crippen molar-refractivity contribution in [3.05, 3.63) is 72.8 Å². The van der Waals surface area contributed by atoms with Gasteiger partial charge in [-0.15, -0.1) is 0 Å². The Kier molecular flexibility index (Phi) is 6.36. The lowest BCUT2D eigenvalue weighted by Crippen LogP contribution is -2.20. The highest BCUT2D eigenvalue weighted by Gasteiger charge is 2.08. The number of carbonyl (C=O) groups excluding carboxylic acids is 1. The number of benzene rings is 3. The second-order valence-electron chi connectivity index (χ2n) is 5.83. The van der Waals surface area contributed by atoms with Gasteiger partial charge in [-0.05, 0) is 24.3 Å². The Hall–Kier alpha value is -3.67. The van der Waals surface area contributed by atoms with E-state index in [0.29, 0.717) is 28.7 Å². The van der Waals surface area contributed by atoms with E-state index in [2.05, 4.69) is 5.32 Å². The number of carbonyl (C=O) groups is 1. The topological polar surface area (TPSA) is 66.0 Å². The van der Waals surface area contributed by atoms with Crippen LogP contribution in [0.3, 0.4) is 0 Å². The first-order valence-electron chi connectivity index (χ1n) is 8.65. The molecule has 0 bridgehead atoms. The molecule has 1 amide bonds. The van der Waals surface area contributed by atoms with Crippen LogP contribution in [0.25, 0.3) is 0 Å². The molecule has 0 saturated carbocycles. The van der Waals surface area contributed by atoms with Gasteiger partial charge in [0.25, 0.3) is 5.91 Å². The van der Waals surface area contributed by atoms with Crippen LogP contribution in [-0.2, 0) is 4.79 Å². The second-order valence-corrected chi connectivity index (χ2v) is 5.83. The average Bonchev–Trinajstić information content (AvgIpc) is 2.73. The zero-order valence-corrected chi connectivity index (χ0v) is 15.7. The number of rotatable bonds is 8. The molecule has 28 heavy (non-hydrogen) atoms. The summed E-state index contributed by atoms with van der Waals surface area (Å²) in [7, 11) is 3.10. The van der Waals surface area contributed by atoms with Crippen molar-refractivity contribution >= 4 is 11.6 Å². The lowest BCUT2D eigenvalue weighted by atomic mass is 10.2. The molecule has 0 unspecified atom stereocenters. The number of anilines is 1. The quantitative estimate of drug-likeness (QED) is 0.624. The summed E-state index contributed by atoms with van der Waals surface area (Å²) in [5, 5.41) is 2.76.